The average molecular weight is 466 g/mol. The molecule has 0 aliphatic heterocycles. The molecule has 2 aromatic carbocycles. The highest BCUT2D eigenvalue weighted by Crippen LogP contribution is 2.23. The van der Waals surface area contributed by atoms with Crippen LogP contribution in [0, 0.1) is 6.92 Å². The Balaban J connectivity index is 0.00000225. The first-order valence-electron chi connectivity index (χ1n) is 7.49. The van der Waals surface area contributed by atoms with E-state index in [-0.39, 0.29) is 24.0 Å². The van der Waals surface area contributed by atoms with E-state index in [9.17, 15) is 0 Å². The number of anilines is 1. The Morgan fingerprint density at radius 1 is 1.16 bits per heavy atom. The molecule has 0 fully saturated rings. The predicted molar refractivity (Wildman–Crippen MR) is 114 cm³/mol. The van der Waals surface area contributed by atoms with Crippen LogP contribution in [0.2, 0.25) is 0 Å². The van der Waals surface area contributed by atoms with Crippen LogP contribution in [0.15, 0.2) is 65.1 Å². The summed E-state index contributed by atoms with van der Waals surface area (Å²) in [6, 6.07) is 17.2. The minimum Gasteiger partial charge on any atom is -0.457 e. The fourth-order valence-corrected chi connectivity index (χ4v) is 2.78. The van der Waals surface area contributed by atoms with Gasteiger partial charge in [-0.25, -0.2) is 9.98 Å². The molecular weight excluding hydrogens is 447 g/mol. The van der Waals surface area contributed by atoms with Gasteiger partial charge in [-0.05, 0) is 31.2 Å². The molecular formula is C18H19IN4OS. The quantitative estimate of drug-likeness (QED) is 0.322. The van der Waals surface area contributed by atoms with Gasteiger partial charge in [-0.15, -0.1) is 35.3 Å². The molecule has 0 amide bonds. The average Bonchev–Trinajstić information content (AvgIpc) is 2.99. The van der Waals surface area contributed by atoms with E-state index in [0.717, 1.165) is 27.8 Å². The number of halogens is 1. The minimum absolute atomic E-state index is 0. The molecule has 0 bridgehead atoms. The molecule has 3 rings (SSSR count). The molecule has 0 atom stereocenters. The number of guanidine groups is 1. The van der Waals surface area contributed by atoms with E-state index < -0.39 is 0 Å². The number of rotatable bonds is 5. The Kier molecular flexibility index (Phi) is 7.20. The van der Waals surface area contributed by atoms with Crippen molar-refractivity contribution in [2.45, 2.75) is 13.5 Å². The molecule has 3 N–H and O–H groups in total. The summed E-state index contributed by atoms with van der Waals surface area (Å²) < 4.78 is 5.81. The van der Waals surface area contributed by atoms with Crippen molar-refractivity contribution < 1.29 is 4.74 Å². The van der Waals surface area contributed by atoms with Crippen LogP contribution >= 0.6 is 35.3 Å². The fourth-order valence-electron chi connectivity index (χ4n) is 2.08. The van der Waals surface area contributed by atoms with Gasteiger partial charge in [0.1, 0.15) is 11.5 Å². The van der Waals surface area contributed by atoms with Crippen LogP contribution in [0.5, 0.6) is 11.5 Å². The highest BCUT2D eigenvalue weighted by Gasteiger charge is 2.02. The Hall–Kier alpha value is -2.13. The van der Waals surface area contributed by atoms with Gasteiger partial charge in [0.05, 0.1) is 17.7 Å². The molecule has 0 saturated carbocycles. The summed E-state index contributed by atoms with van der Waals surface area (Å²) in [7, 11) is 0. The van der Waals surface area contributed by atoms with E-state index in [0.29, 0.717) is 12.5 Å². The highest BCUT2D eigenvalue weighted by atomic mass is 127. The van der Waals surface area contributed by atoms with Crippen molar-refractivity contribution in [3.8, 4) is 11.5 Å². The number of thiazole rings is 1. The van der Waals surface area contributed by atoms with E-state index in [1.165, 1.54) is 0 Å². The van der Waals surface area contributed by atoms with E-state index in [2.05, 4.69) is 15.3 Å². The van der Waals surface area contributed by atoms with Gasteiger partial charge >= 0.3 is 0 Å². The molecule has 130 valence electrons. The Morgan fingerprint density at radius 2 is 1.92 bits per heavy atom. The van der Waals surface area contributed by atoms with Gasteiger partial charge in [-0.2, -0.15) is 0 Å². The summed E-state index contributed by atoms with van der Waals surface area (Å²) in [5.74, 6) is 1.88. The number of nitrogens with one attached hydrogen (secondary N) is 1. The Bertz CT molecular complexity index is 836. The topological polar surface area (TPSA) is 72.5 Å². The molecule has 0 saturated heterocycles. The number of hydrogen-bond acceptors (Lipinski definition) is 4. The zero-order chi connectivity index (χ0) is 16.8. The smallest absolute Gasteiger partial charge is 0.193 e. The first kappa shape index (κ1) is 19.2. The lowest BCUT2D eigenvalue weighted by Gasteiger charge is -2.09. The second-order valence-corrected chi connectivity index (χ2v) is 6.07. The van der Waals surface area contributed by atoms with Gasteiger partial charge < -0.3 is 15.8 Å². The first-order valence-corrected chi connectivity index (χ1v) is 8.37. The summed E-state index contributed by atoms with van der Waals surface area (Å²) in [6.45, 7) is 2.49. The molecule has 0 radical (unpaired) electrons. The molecule has 0 aliphatic rings. The highest BCUT2D eigenvalue weighted by molar-refractivity contribution is 14.0. The largest absolute Gasteiger partial charge is 0.457 e. The van der Waals surface area contributed by atoms with Crippen LogP contribution in [0.4, 0.5) is 5.69 Å². The van der Waals surface area contributed by atoms with Crippen molar-refractivity contribution in [2.75, 3.05) is 5.32 Å². The molecule has 0 aliphatic carbocycles. The van der Waals surface area contributed by atoms with Crippen LogP contribution in [0.1, 0.15) is 10.6 Å². The summed E-state index contributed by atoms with van der Waals surface area (Å²) in [4.78, 5) is 9.66. The molecule has 5 nitrogen and oxygen atoms in total. The van der Waals surface area contributed by atoms with E-state index >= 15 is 0 Å². The van der Waals surface area contributed by atoms with Crippen LogP contribution in [0.25, 0.3) is 0 Å². The predicted octanol–water partition coefficient (Wildman–Crippen LogP) is 4.79. The maximum atomic E-state index is 5.96. The lowest BCUT2D eigenvalue weighted by Crippen LogP contribution is -2.22. The third-order valence-electron chi connectivity index (χ3n) is 3.32. The monoisotopic (exact) mass is 466 g/mol. The van der Waals surface area contributed by atoms with Gasteiger partial charge in [0.25, 0.3) is 0 Å². The fraction of sp³-hybridized carbons (Fsp3) is 0.111. The molecule has 7 heteroatoms. The zero-order valence-corrected chi connectivity index (χ0v) is 16.8. The number of aromatic nitrogens is 1. The van der Waals surface area contributed by atoms with Crippen LogP contribution in [-0.4, -0.2) is 10.9 Å². The number of benzene rings is 2. The number of ether oxygens (including phenoxy) is 1. The number of aryl methyl sites for hydroxylation is 1. The maximum absolute atomic E-state index is 5.96. The number of nitrogens with zero attached hydrogens (tertiary/aromatic N) is 2. The molecule has 3 aromatic rings. The number of para-hydroxylation sites is 1. The second kappa shape index (κ2) is 9.38. The summed E-state index contributed by atoms with van der Waals surface area (Å²) >= 11 is 1.58. The second-order valence-electron chi connectivity index (χ2n) is 5.13. The summed E-state index contributed by atoms with van der Waals surface area (Å²) in [6.07, 6.45) is 0. The van der Waals surface area contributed by atoms with E-state index in [4.69, 9.17) is 10.5 Å². The third kappa shape index (κ3) is 5.71. The first-order chi connectivity index (χ1) is 11.7. The van der Waals surface area contributed by atoms with Crippen molar-refractivity contribution in [3.05, 3.63) is 70.7 Å². The molecule has 0 spiro atoms. The van der Waals surface area contributed by atoms with Gasteiger partial charge in [0.2, 0.25) is 0 Å². The van der Waals surface area contributed by atoms with Gasteiger partial charge in [-0.1, -0.05) is 24.3 Å². The van der Waals surface area contributed by atoms with E-state index in [1.807, 2.05) is 67.0 Å². The molecule has 0 unspecified atom stereocenters. The number of nitrogens with two attached hydrogens (primary N) is 1. The molecule has 1 aromatic heterocycles. The Morgan fingerprint density at radius 3 is 2.64 bits per heavy atom. The van der Waals surface area contributed by atoms with Crippen LogP contribution in [-0.2, 0) is 6.54 Å². The van der Waals surface area contributed by atoms with Crippen molar-refractivity contribution >= 4 is 47.0 Å². The molecule has 25 heavy (non-hydrogen) atoms. The number of aliphatic imine (C=N–C) groups is 1. The van der Waals surface area contributed by atoms with Crippen LogP contribution < -0.4 is 15.8 Å². The van der Waals surface area contributed by atoms with Gasteiger partial charge in [0, 0.05) is 16.6 Å². The Labute approximate surface area is 168 Å². The van der Waals surface area contributed by atoms with Crippen molar-refractivity contribution in [2.24, 2.45) is 10.7 Å². The maximum Gasteiger partial charge on any atom is 0.193 e. The normalized spacial score (nSPS) is 10.8. The lowest BCUT2D eigenvalue weighted by atomic mass is 10.3. The summed E-state index contributed by atoms with van der Waals surface area (Å²) in [5.41, 5.74) is 9.59. The third-order valence-corrected chi connectivity index (χ3v) is 4.24. The van der Waals surface area contributed by atoms with Crippen LogP contribution in [0.3, 0.4) is 0 Å². The van der Waals surface area contributed by atoms with Crippen molar-refractivity contribution in [1.82, 2.24) is 4.98 Å². The van der Waals surface area contributed by atoms with Gasteiger partial charge in [0.15, 0.2) is 5.96 Å². The summed E-state index contributed by atoms with van der Waals surface area (Å²) in [5, 5.41) is 3.08. The number of hydrogen-bond donors (Lipinski definition) is 2. The van der Waals surface area contributed by atoms with E-state index in [1.54, 1.807) is 11.3 Å². The standard InChI is InChI=1S/C18H18N4OS.HI/c1-13-17(24-12-21-13)11-20-18(19)22-14-6-5-9-16(10-14)23-15-7-3-2-4-8-15;/h2-10,12H,11H2,1H3,(H3,19,20,22);1H. The van der Waals surface area contributed by atoms with Crippen molar-refractivity contribution in [1.29, 1.82) is 0 Å². The zero-order valence-electron chi connectivity index (χ0n) is 13.7. The minimum atomic E-state index is 0. The van der Waals surface area contributed by atoms with Crippen molar-refractivity contribution in [3.63, 3.8) is 0 Å². The van der Waals surface area contributed by atoms with Gasteiger partial charge in [-0.3, -0.25) is 0 Å². The lowest BCUT2D eigenvalue weighted by molar-refractivity contribution is 0.483. The SMILES string of the molecule is Cc1ncsc1CN=C(N)Nc1cccc(Oc2ccccc2)c1.I. The molecule has 1 heterocycles.